The van der Waals surface area contributed by atoms with Gasteiger partial charge >= 0.3 is 13.9 Å². The Bertz CT molecular complexity index is 645. The Hall–Kier alpha value is -1.73. The van der Waals surface area contributed by atoms with E-state index < -0.39 is 26.6 Å². The van der Waals surface area contributed by atoms with Gasteiger partial charge in [-0.25, -0.2) is 13.9 Å². The van der Waals surface area contributed by atoms with Crippen LogP contribution in [-0.4, -0.2) is 45.9 Å². The molecule has 2 atom stereocenters. The quantitative estimate of drug-likeness (QED) is 0.583. The Morgan fingerprint density at radius 2 is 1.96 bits per heavy atom. The van der Waals surface area contributed by atoms with E-state index in [1.54, 1.807) is 0 Å². The second-order valence-corrected chi connectivity index (χ2v) is 7.14. The van der Waals surface area contributed by atoms with Gasteiger partial charge in [-0.05, 0) is 31.7 Å². The van der Waals surface area contributed by atoms with E-state index >= 15 is 0 Å². The van der Waals surface area contributed by atoms with Gasteiger partial charge in [0.05, 0.1) is 5.92 Å². The molecule has 0 spiro atoms. The predicted molar refractivity (Wildman–Crippen MR) is 88.7 cm³/mol. The minimum atomic E-state index is -4.71. The first kappa shape index (κ1) is 19.6. The Labute approximate surface area is 146 Å². The summed E-state index contributed by atoms with van der Waals surface area (Å²) in [6.07, 6.45) is 1.54. The van der Waals surface area contributed by atoms with Crippen LogP contribution in [0, 0.1) is 0 Å². The van der Waals surface area contributed by atoms with Crippen LogP contribution in [0.25, 0.3) is 0 Å². The third kappa shape index (κ3) is 5.64. The Morgan fingerprint density at radius 3 is 2.56 bits per heavy atom. The van der Waals surface area contributed by atoms with Crippen molar-refractivity contribution in [3.05, 3.63) is 35.9 Å². The lowest BCUT2D eigenvalue weighted by Gasteiger charge is -2.39. The van der Waals surface area contributed by atoms with E-state index in [1.807, 2.05) is 30.3 Å². The van der Waals surface area contributed by atoms with Gasteiger partial charge < -0.3 is 19.4 Å². The van der Waals surface area contributed by atoms with Gasteiger partial charge in [0.25, 0.3) is 0 Å². The number of likely N-dealkylation sites (tertiary alicyclic amines) is 1. The fourth-order valence-corrected chi connectivity index (χ4v) is 3.34. The van der Waals surface area contributed by atoms with Crippen molar-refractivity contribution in [1.82, 2.24) is 4.90 Å². The molecular formula is C16H22NO7P. The van der Waals surface area contributed by atoms with Gasteiger partial charge in [0.1, 0.15) is 5.78 Å². The molecule has 0 radical (unpaired) electrons. The molecule has 1 aromatic rings. The molecule has 138 valence electrons. The minimum absolute atomic E-state index is 0.0534. The second kappa shape index (κ2) is 8.58. The number of ketones is 1. The van der Waals surface area contributed by atoms with Crippen LogP contribution in [0.1, 0.15) is 37.7 Å². The first-order valence-corrected chi connectivity index (χ1v) is 9.51. The number of rotatable bonds is 6. The Balaban J connectivity index is 2.14. The molecule has 0 aliphatic carbocycles. The molecule has 2 rings (SSSR count). The molecule has 1 aliphatic heterocycles. The van der Waals surface area contributed by atoms with Crippen LogP contribution in [0.5, 0.6) is 0 Å². The number of phosphoric ester groups is 1. The smallest absolute Gasteiger partial charge is 0.422 e. The highest BCUT2D eigenvalue weighted by Crippen LogP contribution is 2.36. The lowest BCUT2D eigenvalue weighted by Crippen LogP contribution is -2.48. The summed E-state index contributed by atoms with van der Waals surface area (Å²) in [5, 5.41) is 0. The van der Waals surface area contributed by atoms with Crippen LogP contribution in [0.15, 0.2) is 30.3 Å². The first-order chi connectivity index (χ1) is 11.8. The number of amides is 1. The number of piperidine rings is 1. The SMILES string of the molecule is CC(=O)C(c1ccccc1)C1CCCCN1C(=O)OCOP(=O)(O)O. The number of phosphoric acid groups is 1. The van der Waals surface area contributed by atoms with Crippen molar-refractivity contribution >= 4 is 19.7 Å². The zero-order valence-corrected chi connectivity index (χ0v) is 14.8. The largest absolute Gasteiger partial charge is 0.472 e. The lowest BCUT2D eigenvalue weighted by molar-refractivity contribution is -0.120. The third-order valence-corrected chi connectivity index (χ3v) is 4.61. The molecule has 1 amide bonds. The fourth-order valence-electron chi connectivity index (χ4n) is 3.15. The van der Waals surface area contributed by atoms with Gasteiger partial charge in [0.2, 0.25) is 6.79 Å². The molecule has 2 unspecified atom stereocenters. The number of carbonyl (C=O) groups excluding carboxylic acids is 2. The molecule has 1 heterocycles. The molecular weight excluding hydrogens is 349 g/mol. The van der Waals surface area contributed by atoms with Crippen molar-refractivity contribution in [1.29, 1.82) is 0 Å². The van der Waals surface area contributed by atoms with E-state index in [0.29, 0.717) is 13.0 Å². The summed E-state index contributed by atoms with van der Waals surface area (Å²) in [5.74, 6) is -0.529. The van der Waals surface area contributed by atoms with Gasteiger partial charge in [-0.2, -0.15) is 0 Å². The molecule has 9 heteroatoms. The van der Waals surface area contributed by atoms with Gasteiger partial charge in [-0.15, -0.1) is 0 Å². The van der Waals surface area contributed by atoms with E-state index in [0.717, 1.165) is 18.4 Å². The second-order valence-electron chi connectivity index (χ2n) is 5.90. The summed E-state index contributed by atoms with van der Waals surface area (Å²) in [6, 6.07) is 8.86. The van der Waals surface area contributed by atoms with Gasteiger partial charge in [0.15, 0.2) is 0 Å². The molecule has 0 bridgehead atoms. The summed E-state index contributed by atoms with van der Waals surface area (Å²) >= 11 is 0. The van der Waals surface area contributed by atoms with Crippen molar-refractivity contribution in [3.8, 4) is 0 Å². The van der Waals surface area contributed by atoms with E-state index in [9.17, 15) is 14.2 Å². The van der Waals surface area contributed by atoms with Crippen LogP contribution < -0.4 is 0 Å². The van der Waals surface area contributed by atoms with Crippen molar-refractivity contribution < 1.29 is 33.2 Å². The van der Waals surface area contributed by atoms with Crippen molar-refractivity contribution in [2.75, 3.05) is 13.3 Å². The van der Waals surface area contributed by atoms with E-state index in [-0.39, 0.29) is 11.8 Å². The van der Waals surface area contributed by atoms with Crippen LogP contribution in [0.3, 0.4) is 0 Å². The Morgan fingerprint density at radius 1 is 1.28 bits per heavy atom. The number of Topliss-reactive ketones (excluding diaryl/α,β-unsaturated/α-hetero) is 1. The number of benzene rings is 1. The topological polar surface area (TPSA) is 113 Å². The van der Waals surface area contributed by atoms with Crippen molar-refractivity contribution in [2.24, 2.45) is 0 Å². The molecule has 0 saturated carbocycles. The highest BCUT2D eigenvalue weighted by atomic mass is 31.2. The number of carbonyl (C=O) groups is 2. The highest BCUT2D eigenvalue weighted by Gasteiger charge is 2.37. The zero-order chi connectivity index (χ0) is 18.4. The first-order valence-electron chi connectivity index (χ1n) is 7.98. The average molecular weight is 371 g/mol. The van der Waals surface area contributed by atoms with E-state index in [1.165, 1.54) is 11.8 Å². The van der Waals surface area contributed by atoms with E-state index in [4.69, 9.17) is 14.5 Å². The van der Waals surface area contributed by atoms with Gasteiger partial charge in [-0.3, -0.25) is 4.79 Å². The summed E-state index contributed by atoms with van der Waals surface area (Å²) in [5.41, 5.74) is 0.825. The highest BCUT2D eigenvalue weighted by molar-refractivity contribution is 7.46. The lowest BCUT2D eigenvalue weighted by atomic mass is 9.83. The van der Waals surface area contributed by atoms with Crippen LogP contribution >= 0.6 is 7.82 Å². The monoisotopic (exact) mass is 371 g/mol. The molecule has 25 heavy (non-hydrogen) atoms. The minimum Gasteiger partial charge on any atom is -0.422 e. The van der Waals surface area contributed by atoms with Gasteiger partial charge in [0, 0.05) is 12.6 Å². The van der Waals surface area contributed by atoms with Crippen LogP contribution in [-0.2, 0) is 18.6 Å². The maximum Gasteiger partial charge on any atom is 0.472 e. The molecule has 0 aromatic heterocycles. The molecule has 2 N–H and O–H groups in total. The normalized spacial score (nSPS) is 19.3. The molecule has 1 aliphatic rings. The molecule has 1 saturated heterocycles. The standard InChI is InChI=1S/C16H22NO7P/c1-12(18)15(13-7-3-2-4-8-13)14-9-5-6-10-17(14)16(19)23-11-24-25(20,21)22/h2-4,7-8,14-15H,5-6,9-11H2,1H3,(H2,20,21,22). The maximum atomic E-state index is 12.3. The number of nitrogens with zero attached hydrogens (tertiary/aromatic N) is 1. The van der Waals surface area contributed by atoms with Crippen molar-refractivity contribution in [2.45, 2.75) is 38.1 Å². The van der Waals surface area contributed by atoms with Crippen LogP contribution in [0.2, 0.25) is 0 Å². The fraction of sp³-hybridized carbons (Fsp3) is 0.500. The summed E-state index contributed by atoms with van der Waals surface area (Å²) in [6.45, 7) is 1.06. The maximum absolute atomic E-state index is 12.3. The number of hydrogen-bond donors (Lipinski definition) is 2. The summed E-state index contributed by atoms with van der Waals surface area (Å²) in [7, 11) is -4.71. The average Bonchev–Trinajstić information content (AvgIpc) is 2.55. The summed E-state index contributed by atoms with van der Waals surface area (Å²) in [4.78, 5) is 43.3. The molecule has 8 nitrogen and oxygen atoms in total. The van der Waals surface area contributed by atoms with Gasteiger partial charge in [-0.1, -0.05) is 30.3 Å². The third-order valence-electron chi connectivity index (χ3n) is 4.17. The number of ether oxygens (including phenoxy) is 1. The molecule has 1 aromatic carbocycles. The predicted octanol–water partition coefficient (Wildman–Crippen LogP) is 2.42. The Kier molecular flexibility index (Phi) is 6.72. The summed E-state index contributed by atoms with van der Waals surface area (Å²) < 4.78 is 19.6. The zero-order valence-electron chi connectivity index (χ0n) is 13.9. The van der Waals surface area contributed by atoms with Crippen LogP contribution in [0.4, 0.5) is 4.79 Å². The number of hydrogen-bond acceptors (Lipinski definition) is 5. The molecule has 1 fully saturated rings. The van der Waals surface area contributed by atoms with E-state index in [2.05, 4.69) is 4.52 Å². The van der Waals surface area contributed by atoms with Crippen molar-refractivity contribution in [3.63, 3.8) is 0 Å².